The third-order valence-electron chi connectivity index (χ3n) is 1.83. The molecule has 0 atom stereocenters. The summed E-state index contributed by atoms with van der Waals surface area (Å²) in [5.41, 5.74) is 5.47. The Hall–Kier alpha value is -1.36. The van der Waals surface area contributed by atoms with E-state index in [1.165, 1.54) is 0 Å². The highest BCUT2D eigenvalue weighted by atomic mass is 16.5. The number of aromatic nitrogens is 2. The number of nitrogens with zero attached hydrogens (tertiary/aromatic N) is 3. The Balaban J connectivity index is 2.47. The quantitative estimate of drug-likeness (QED) is 0.696. The molecule has 0 aliphatic carbocycles. The van der Waals surface area contributed by atoms with Gasteiger partial charge in [0.1, 0.15) is 5.82 Å². The van der Waals surface area contributed by atoms with Crippen LogP contribution in [-0.2, 0) is 4.74 Å². The number of nitrogens with two attached hydrogens (primary N) is 1. The fourth-order valence-electron chi connectivity index (χ4n) is 1.04. The van der Waals surface area contributed by atoms with Crippen LogP contribution in [0.5, 0.6) is 0 Å². The molecule has 5 heteroatoms. The van der Waals surface area contributed by atoms with E-state index in [2.05, 4.69) is 9.97 Å². The first kappa shape index (κ1) is 10.7. The summed E-state index contributed by atoms with van der Waals surface area (Å²) in [5.74, 6) is 1.11. The van der Waals surface area contributed by atoms with Gasteiger partial charge in [-0.25, -0.2) is 4.98 Å². The molecule has 14 heavy (non-hydrogen) atoms. The van der Waals surface area contributed by atoms with Gasteiger partial charge in [-0.3, -0.25) is 0 Å². The molecule has 1 rings (SSSR count). The highest BCUT2D eigenvalue weighted by molar-refractivity contribution is 5.39. The maximum absolute atomic E-state index is 5.47. The van der Waals surface area contributed by atoms with E-state index < -0.39 is 0 Å². The van der Waals surface area contributed by atoms with Gasteiger partial charge >= 0.3 is 0 Å². The topological polar surface area (TPSA) is 64.3 Å². The highest BCUT2D eigenvalue weighted by Gasteiger charge is 2.01. The summed E-state index contributed by atoms with van der Waals surface area (Å²) in [5, 5.41) is 0. The lowest BCUT2D eigenvalue weighted by molar-refractivity contribution is 0.154. The number of hydrogen-bond acceptors (Lipinski definition) is 5. The van der Waals surface area contributed by atoms with Gasteiger partial charge in [0, 0.05) is 26.4 Å². The molecule has 0 bridgehead atoms. The zero-order valence-electron chi connectivity index (χ0n) is 8.60. The number of hydrogen-bond donors (Lipinski definition) is 1. The molecule has 0 amide bonds. The van der Waals surface area contributed by atoms with Crippen LogP contribution < -0.4 is 10.6 Å². The largest absolute Gasteiger partial charge is 0.380 e. The van der Waals surface area contributed by atoms with Crippen molar-refractivity contribution in [3.05, 3.63) is 12.3 Å². The molecule has 0 radical (unpaired) electrons. The molecule has 2 N–H and O–H groups in total. The molecule has 5 nitrogen and oxygen atoms in total. The number of nitrogen functional groups attached to an aromatic ring is 1. The van der Waals surface area contributed by atoms with Crippen molar-refractivity contribution in [2.24, 2.45) is 0 Å². The highest BCUT2D eigenvalue weighted by Crippen LogP contribution is 2.07. The van der Waals surface area contributed by atoms with Crippen molar-refractivity contribution in [3.63, 3.8) is 0 Å². The van der Waals surface area contributed by atoms with Crippen LogP contribution in [0.4, 0.5) is 11.8 Å². The van der Waals surface area contributed by atoms with E-state index in [4.69, 9.17) is 10.5 Å². The summed E-state index contributed by atoms with van der Waals surface area (Å²) in [4.78, 5) is 9.90. The summed E-state index contributed by atoms with van der Waals surface area (Å²) < 4.78 is 5.24. The second-order valence-electron chi connectivity index (χ2n) is 2.89. The van der Waals surface area contributed by atoms with Crippen LogP contribution in [0, 0.1) is 0 Å². The minimum absolute atomic E-state index is 0.297. The van der Waals surface area contributed by atoms with Gasteiger partial charge in [0.05, 0.1) is 6.61 Å². The van der Waals surface area contributed by atoms with Crippen LogP contribution >= 0.6 is 0 Å². The summed E-state index contributed by atoms with van der Waals surface area (Å²) in [6, 6.07) is 1.82. The minimum atomic E-state index is 0.297. The van der Waals surface area contributed by atoms with E-state index in [1.807, 2.05) is 24.9 Å². The number of anilines is 2. The molecule has 0 aliphatic rings. The molecule has 0 saturated heterocycles. The predicted octanol–water partition coefficient (Wildman–Crippen LogP) is 0.531. The first-order chi connectivity index (χ1) is 6.74. The molecule has 0 aromatic carbocycles. The average molecular weight is 196 g/mol. The molecule has 1 aromatic rings. The zero-order chi connectivity index (χ0) is 10.4. The SMILES string of the molecule is CCOCCN(C)c1ccnc(N)n1. The van der Waals surface area contributed by atoms with Crippen LogP contribution in [0.15, 0.2) is 12.3 Å². The first-order valence-corrected chi connectivity index (χ1v) is 4.61. The van der Waals surface area contributed by atoms with Gasteiger partial charge in [-0.2, -0.15) is 4.98 Å². The van der Waals surface area contributed by atoms with Gasteiger partial charge in [-0.15, -0.1) is 0 Å². The predicted molar refractivity (Wildman–Crippen MR) is 56.2 cm³/mol. The van der Waals surface area contributed by atoms with E-state index in [0.717, 1.165) is 19.0 Å². The maximum atomic E-state index is 5.47. The van der Waals surface area contributed by atoms with Crippen LogP contribution in [0.2, 0.25) is 0 Å². The van der Waals surface area contributed by atoms with E-state index in [-0.39, 0.29) is 0 Å². The second-order valence-corrected chi connectivity index (χ2v) is 2.89. The third-order valence-corrected chi connectivity index (χ3v) is 1.83. The molecule has 0 saturated carbocycles. The van der Waals surface area contributed by atoms with Gasteiger partial charge in [0.15, 0.2) is 0 Å². The van der Waals surface area contributed by atoms with Crippen molar-refractivity contribution in [3.8, 4) is 0 Å². The first-order valence-electron chi connectivity index (χ1n) is 4.61. The molecule has 0 spiro atoms. The maximum Gasteiger partial charge on any atom is 0.221 e. The van der Waals surface area contributed by atoms with E-state index >= 15 is 0 Å². The van der Waals surface area contributed by atoms with Gasteiger partial charge in [0.2, 0.25) is 5.95 Å². The van der Waals surface area contributed by atoms with Crippen molar-refractivity contribution in [1.82, 2.24) is 9.97 Å². The van der Waals surface area contributed by atoms with E-state index in [0.29, 0.717) is 12.6 Å². The number of likely N-dealkylation sites (N-methyl/N-ethyl adjacent to an activating group) is 1. The van der Waals surface area contributed by atoms with Crippen molar-refractivity contribution < 1.29 is 4.74 Å². The average Bonchev–Trinajstić information content (AvgIpc) is 2.18. The van der Waals surface area contributed by atoms with Crippen molar-refractivity contribution in [2.75, 3.05) is 37.4 Å². The molecule has 1 heterocycles. The van der Waals surface area contributed by atoms with Gasteiger partial charge < -0.3 is 15.4 Å². The molecule has 1 aromatic heterocycles. The molecular formula is C9H16N4O. The van der Waals surface area contributed by atoms with Gasteiger partial charge in [0.25, 0.3) is 0 Å². The lowest BCUT2D eigenvalue weighted by Crippen LogP contribution is -2.23. The number of rotatable bonds is 5. The van der Waals surface area contributed by atoms with Gasteiger partial charge in [-0.1, -0.05) is 0 Å². The lowest BCUT2D eigenvalue weighted by atomic mass is 10.5. The standard InChI is InChI=1S/C9H16N4O/c1-3-14-7-6-13(2)8-4-5-11-9(10)12-8/h4-5H,3,6-7H2,1-2H3,(H2,10,11,12). The normalized spacial score (nSPS) is 10.1. The summed E-state index contributed by atoms with van der Waals surface area (Å²) >= 11 is 0. The van der Waals surface area contributed by atoms with Crippen LogP contribution in [0.3, 0.4) is 0 Å². The Labute approximate surface area is 83.9 Å². The summed E-state index contributed by atoms with van der Waals surface area (Å²) in [6.45, 7) is 4.20. The lowest BCUT2D eigenvalue weighted by Gasteiger charge is -2.17. The molecule has 0 aliphatic heterocycles. The van der Waals surface area contributed by atoms with Crippen molar-refractivity contribution in [2.45, 2.75) is 6.92 Å². The van der Waals surface area contributed by atoms with Crippen molar-refractivity contribution in [1.29, 1.82) is 0 Å². The number of ether oxygens (including phenoxy) is 1. The fraction of sp³-hybridized carbons (Fsp3) is 0.556. The second kappa shape index (κ2) is 5.39. The monoisotopic (exact) mass is 196 g/mol. The van der Waals surface area contributed by atoms with Gasteiger partial charge in [-0.05, 0) is 13.0 Å². The minimum Gasteiger partial charge on any atom is -0.380 e. The Morgan fingerprint density at radius 1 is 1.57 bits per heavy atom. The summed E-state index contributed by atoms with van der Waals surface area (Å²) in [7, 11) is 1.95. The Morgan fingerprint density at radius 2 is 2.36 bits per heavy atom. The molecule has 78 valence electrons. The molecular weight excluding hydrogens is 180 g/mol. The van der Waals surface area contributed by atoms with Crippen molar-refractivity contribution >= 4 is 11.8 Å². The fourth-order valence-corrected chi connectivity index (χ4v) is 1.04. The Morgan fingerprint density at radius 3 is 3.00 bits per heavy atom. The Kier molecular flexibility index (Phi) is 4.12. The zero-order valence-corrected chi connectivity index (χ0v) is 8.60. The van der Waals surface area contributed by atoms with Crippen LogP contribution in [-0.4, -0.2) is 36.8 Å². The van der Waals surface area contributed by atoms with Crippen LogP contribution in [0.1, 0.15) is 6.92 Å². The molecule has 0 fully saturated rings. The molecule has 0 unspecified atom stereocenters. The van der Waals surface area contributed by atoms with E-state index in [1.54, 1.807) is 6.20 Å². The smallest absolute Gasteiger partial charge is 0.221 e. The summed E-state index contributed by atoms with van der Waals surface area (Å²) in [6.07, 6.45) is 1.65. The van der Waals surface area contributed by atoms with Crippen LogP contribution in [0.25, 0.3) is 0 Å². The third kappa shape index (κ3) is 3.18. The Bertz CT molecular complexity index is 279. The van der Waals surface area contributed by atoms with E-state index in [9.17, 15) is 0 Å².